The predicted octanol–water partition coefficient (Wildman–Crippen LogP) is 6.43. The monoisotopic (exact) mass is 419 g/mol. The highest BCUT2D eigenvalue weighted by molar-refractivity contribution is 9.10. The minimum atomic E-state index is -0.250. The van der Waals surface area contributed by atoms with Crippen molar-refractivity contribution in [2.75, 3.05) is 5.32 Å². The van der Waals surface area contributed by atoms with Gasteiger partial charge in [0.15, 0.2) is 0 Å². The maximum Gasteiger partial charge on any atom is 0.134 e. The van der Waals surface area contributed by atoms with Crippen molar-refractivity contribution in [3.63, 3.8) is 0 Å². The van der Waals surface area contributed by atoms with Crippen LogP contribution in [0.5, 0.6) is 5.75 Å². The van der Waals surface area contributed by atoms with Gasteiger partial charge in [0, 0.05) is 6.54 Å². The number of anilines is 1. The molecule has 25 heavy (non-hydrogen) atoms. The van der Waals surface area contributed by atoms with Gasteiger partial charge in [-0.15, -0.1) is 0 Å². The SMILES string of the molecule is Fc1ccc(COc2ccc(CNc3ccccc3Cl)cc2Br)cc1. The minimum Gasteiger partial charge on any atom is -0.488 e. The fourth-order valence-corrected chi connectivity index (χ4v) is 3.06. The summed E-state index contributed by atoms with van der Waals surface area (Å²) in [7, 11) is 0. The van der Waals surface area contributed by atoms with Gasteiger partial charge in [-0.2, -0.15) is 0 Å². The smallest absolute Gasteiger partial charge is 0.134 e. The number of nitrogens with one attached hydrogen (secondary N) is 1. The van der Waals surface area contributed by atoms with E-state index < -0.39 is 0 Å². The average molecular weight is 421 g/mol. The standard InChI is InChI=1S/C20H16BrClFNO/c21-17-11-15(12-24-19-4-2-1-3-18(19)22)7-10-20(17)25-13-14-5-8-16(23)9-6-14/h1-11,24H,12-13H2. The summed E-state index contributed by atoms with van der Waals surface area (Å²) in [6.45, 7) is 1.04. The van der Waals surface area contributed by atoms with Crippen molar-refractivity contribution in [2.45, 2.75) is 13.2 Å². The molecule has 0 spiro atoms. The number of hydrogen-bond donors (Lipinski definition) is 1. The van der Waals surface area contributed by atoms with E-state index in [9.17, 15) is 4.39 Å². The normalized spacial score (nSPS) is 10.5. The fraction of sp³-hybridized carbons (Fsp3) is 0.100. The molecule has 0 aliphatic carbocycles. The zero-order valence-electron chi connectivity index (χ0n) is 13.3. The third kappa shape index (κ3) is 4.97. The van der Waals surface area contributed by atoms with E-state index in [-0.39, 0.29) is 5.82 Å². The lowest BCUT2D eigenvalue weighted by Gasteiger charge is -2.12. The van der Waals surface area contributed by atoms with Gasteiger partial charge >= 0.3 is 0 Å². The van der Waals surface area contributed by atoms with Crippen LogP contribution in [0.25, 0.3) is 0 Å². The summed E-state index contributed by atoms with van der Waals surface area (Å²) in [4.78, 5) is 0. The summed E-state index contributed by atoms with van der Waals surface area (Å²) in [6.07, 6.45) is 0. The highest BCUT2D eigenvalue weighted by Crippen LogP contribution is 2.28. The van der Waals surface area contributed by atoms with Gasteiger partial charge < -0.3 is 10.1 Å². The van der Waals surface area contributed by atoms with Gasteiger partial charge in [0.05, 0.1) is 15.2 Å². The van der Waals surface area contributed by atoms with Gasteiger partial charge in [-0.05, 0) is 63.5 Å². The number of halogens is 3. The number of ether oxygens (including phenoxy) is 1. The van der Waals surface area contributed by atoms with E-state index in [1.165, 1.54) is 12.1 Å². The van der Waals surface area contributed by atoms with E-state index in [0.29, 0.717) is 18.2 Å². The first kappa shape index (κ1) is 17.8. The van der Waals surface area contributed by atoms with Crippen molar-refractivity contribution in [1.29, 1.82) is 0 Å². The Hall–Kier alpha value is -2.04. The Bertz CT molecular complexity index is 855. The molecule has 0 saturated heterocycles. The number of para-hydroxylation sites is 1. The molecule has 0 bridgehead atoms. The Kier molecular flexibility index (Phi) is 5.95. The quantitative estimate of drug-likeness (QED) is 0.496. The summed E-state index contributed by atoms with van der Waals surface area (Å²) in [6, 6.07) is 19.8. The first-order chi connectivity index (χ1) is 12.1. The Morgan fingerprint density at radius 1 is 0.960 bits per heavy atom. The number of rotatable bonds is 6. The van der Waals surface area contributed by atoms with E-state index in [4.69, 9.17) is 16.3 Å². The second-order valence-corrected chi connectivity index (χ2v) is 6.77. The molecule has 3 aromatic rings. The molecule has 128 valence electrons. The van der Waals surface area contributed by atoms with Gasteiger partial charge in [0.1, 0.15) is 18.2 Å². The van der Waals surface area contributed by atoms with Crippen LogP contribution in [0, 0.1) is 5.82 Å². The largest absolute Gasteiger partial charge is 0.488 e. The molecular formula is C20H16BrClFNO. The molecular weight excluding hydrogens is 405 g/mol. The molecule has 3 rings (SSSR count). The summed E-state index contributed by atoms with van der Waals surface area (Å²) in [5.41, 5.74) is 2.91. The van der Waals surface area contributed by atoms with E-state index in [0.717, 1.165) is 27.0 Å². The molecule has 0 radical (unpaired) electrons. The molecule has 0 heterocycles. The van der Waals surface area contributed by atoms with Gasteiger partial charge in [0.25, 0.3) is 0 Å². The molecule has 2 nitrogen and oxygen atoms in total. The zero-order chi connectivity index (χ0) is 17.6. The van der Waals surface area contributed by atoms with Crippen LogP contribution in [0.1, 0.15) is 11.1 Å². The first-order valence-corrected chi connectivity index (χ1v) is 8.93. The lowest BCUT2D eigenvalue weighted by atomic mass is 10.2. The van der Waals surface area contributed by atoms with E-state index >= 15 is 0 Å². The van der Waals surface area contributed by atoms with Crippen LogP contribution in [-0.2, 0) is 13.2 Å². The third-order valence-electron chi connectivity index (χ3n) is 3.66. The molecule has 1 N–H and O–H groups in total. The van der Waals surface area contributed by atoms with Crippen LogP contribution in [0.15, 0.2) is 71.2 Å². The molecule has 0 aliphatic rings. The van der Waals surface area contributed by atoms with Crippen molar-refractivity contribution < 1.29 is 9.13 Å². The van der Waals surface area contributed by atoms with Crippen molar-refractivity contribution in [1.82, 2.24) is 0 Å². The maximum absolute atomic E-state index is 12.9. The Labute approximate surface area is 159 Å². The van der Waals surface area contributed by atoms with Crippen LogP contribution in [0.4, 0.5) is 10.1 Å². The summed E-state index contributed by atoms with van der Waals surface area (Å²) in [5, 5.41) is 4.01. The number of benzene rings is 3. The Balaban J connectivity index is 1.60. The van der Waals surface area contributed by atoms with Crippen LogP contribution in [0.3, 0.4) is 0 Å². The molecule has 5 heteroatoms. The summed E-state index contributed by atoms with van der Waals surface area (Å²) < 4.78 is 19.6. The Morgan fingerprint density at radius 3 is 2.40 bits per heavy atom. The summed E-state index contributed by atoms with van der Waals surface area (Å²) >= 11 is 9.68. The molecule has 0 aromatic heterocycles. The minimum absolute atomic E-state index is 0.250. The van der Waals surface area contributed by atoms with Crippen molar-refractivity contribution in [3.8, 4) is 5.75 Å². The van der Waals surface area contributed by atoms with E-state index in [1.54, 1.807) is 12.1 Å². The second-order valence-electron chi connectivity index (χ2n) is 5.51. The van der Waals surface area contributed by atoms with E-state index in [1.807, 2.05) is 42.5 Å². The third-order valence-corrected chi connectivity index (χ3v) is 4.61. The van der Waals surface area contributed by atoms with Crippen LogP contribution in [-0.4, -0.2) is 0 Å². The van der Waals surface area contributed by atoms with Crippen molar-refractivity contribution in [2.24, 2.45) is 0 Å². The molecule has 0 amide bonds. The first-order valence-electron chi connectivity index (χ1n) is 7.76. The summed E-state index contributed by atoms with van der Waals surface area (Å²) in [5.74, 6) is 0.492. The highest BCUT2D eigenvalue weighted by atomic mass is 79.9. The van der Waals surface area contributed by atoms with Crippen LogP contribution >= 0.6 is 27.5 Å². The van der Waals surface area contributed by atoms with Crippen molar-refractivity contribution >= 4 is 33.2 Å². The Morgan fingerprint density at radius 2 is 1.68 bits per heavy atom. The van der Waals surface area contributed by atoms with Crippen molar-refractivity contribution in [3.05, 3.63) is 93.2 Å². The molecule has 0 unspecified atom stereocenters. The van der Waals surface area contributed by atoms with Crippen LogP contribution in [0.2, 0.25) is 5.02 Å². The average Bonchev–Trinajstić information content (AvgIpc) is 2.62. The molecule has 0 saturated carbocycles. The fourth-order valence-electron chi connectivity index (χ4n) is 2.31. The molecule has 3 aromatic carbocycles. The van der Waals surface area contributed by atoms with Gasteiger partial charge in [-0.25, -0.2) is 4.39 Å². The van der Waals surface area contributed by atoms with Gasteiger partial charge in [-0.1, -0.05) is 41.9 Å². The van der Waals surface area contributed by atoms with Gasteiger partial charge in [-0.3, -0.25) is 0 Å². The lowest BCUT2D eigenvalue weighted by Crippen LogP contribution is -2.01. The van der Waals surface area contributed by atoms with Gasteiger partial charge in [0.2, 0.25) is 0 Å². The zero-order valence-corrected chi connectivity index (χ0v) is 15.6. The molecule has 0 aliphatic heterocycles. The molecule has 0 fully saturated rings. The van der Waals surface area contributed by atoms with Crippen LogP contribution < -0.4 is 10.1 Å². The highest BCUT2D eigenvalue weighted by Gasteiger charge is 2.05. The molecule has 0 atom stereocenters. The maximum atomic E-state index is 12.9. The second kappa shape index (κ2) is 8.37. The topological polar surface area (TPSA) is 21.3 Å². The lowest BCUT2D eigenvalue weighted by molar-refractivity contribution is 0.304. The predicted molar refractivity (Wildman–Crippen MR) is 104 cm³/mol. The van der Waals surface area contributed by atoms with E-state index in [2.05, 4.69) is 21.2 Å². The number of hydrogen-bond acceptors (Lipinski definition) is 2.